The Bertz CT molecular complexity index is 623. The Kier molecular flexibility index (Phi) is 4.23. The third kappa shape index (κ3) is 2.96. The van der Waals surface area contributed by atoms with Gasteiger partial charge in [-0.05, 0) is 0 Å². The molecular weight excluding hydrogens is 444 g/mol. The van der Waals surface area contributed by atoms with E-state index in [9.17, 15) is 4.39 Å². The molecule has 0 heterocycles. The molecular formula is C18H14BiF. The van der Waals surface area contributed by atoms with E-state index in [-0.39, 0.29) is 5.82 Å². The van der Waals surface area contributed by atoms with E-state index in [1.54, 1.807) is 12.1 Å². The Morgan fingerprint density at radius 3 is 1.35 bits per heavy atom. The van der Waals surface area contributed by atoms with Crippen LogP contribution in [-0.4, -0.2) is 21.8 Å². The number of hydrogen-bond donors (Lipinski definition) is 0. The summed E-state index contributed by atoms with van der Waals surface area (Å²) in [4.78, 5) is 0. The quantitative estimate of drug-likeness (QED) is 0.529. The summed E-state index contributed by atoms with van der Waals surface area (Å²) in [5.41, 5.74) is 0. The van der Waals surface area contributed by atoms with Crippen LogP contribution in [0.1, 0.15) is 0 Å². The van der Waals surface area contributed by atoms with Crippen molar-refractivity contribution in [3.05, 3.63) is 90.7 Å². The predicted molar refractivity (Wildman–Crippen MR) is 83.9 cm³/mol. The zero-order valence-electron chi connectivity index (χ0n) is 10.9. The number of rotatable bonds is 3. The molecule has 0 bridgehead atoms. The molecule has 0 fully saturated rings. The number of hydrogen-bond acceptors (Lipinski definition) is 0. The van der Waals surface area contributed by atoms with E-state index in [2.05, 4.69) is 48.5 Å². The molecule has 0 aliphatic carbocycles. The molecule has 0 aliphatic rings. The average molecular weight is 458 g/mol. The Morgan fingerprint density at radius 2 is 0.900 bits per heavy atom. The zero-order chi connectivity index (χ0) is 13.8. The van der Waals surface area contributed by atoms with E-state index < -0.39 is 21.8 Å². The van der Waals surface area contributed by atoms with E-state index in [1.807, 2.05) is 24.3 Å². The Labute approximate surface area is 126 Å². The van der Waals surface area contributed by atoms with Gasteiger partial charge < -0.3 is 0 Å². The molecule has 0 atom stereocenters. The van der Waals surface area contributed by atoms with Crippen LogP contribution in [0.15, 0.2) is 84.9 Å². The Morgan fingerprint density at radius 1 is 0.500 bits per heavy atom. The van der Waals surface area contributed by atoms with Crippen LogP contribution in [0.4, 0.5) is 4.39 Å². The molecule has 2 heteroatoms. The first kappa shape index (κ1) is 13.5. The fraction of sp³-hybridized carbons (Fsp3) is 0. The normalized spacial score (nSPS) is 10.7. The average Bonchev–Trinajstić information content (AvgIpc) is 2.52. The summed E-state index contributed by atoms with van der Waals surface area (Å²) in [6.07, 6.45) is 0. The first-order valence-corrected chi connectivity index (χ1v) is 11.7. The molecule has 0 aliphatic heterocycles. The van der Waals surface area contributed by atoms with Gasteiger partial charge in [0.05, 0.1) is 0 Å². The Balaban J connectivity index is 2.11. The van der Waals surface area contributed by atoms with E-state index in [1.165, 1.54) is 9.81 Å². The van der Waals surface area contributed by atoms with Gasteiger partial charge in [-0.3, -0.25) is 0 Å². The van der Waals surface area contributed by atoms with Gasteiger partial charge >= 0.3 is 127 Å². The second kappa shape index (κ2) is 6.28. The van der Waals surface area contributed by atoms with Crippen LogP contribution < -0.4 is 9.81 Å². The van der Waals surface area contributed by atoms with E-state index in [4.69, 9.17) is 0 Å². The van der Waals surface area contributed by atoms with Gasteiger partial charge in [-0.2, -0.15) is 0 Å². The number of halogens is 1. The maximum atomic E-state index is 13.2. The molecule has 3 rings (SSSR count). The van der Waals surface area contributed by atoms with E-state index in [0.29, 0.717) is 0 Å². The monoisotopic (exact) mass is 458 g/mol. The van der Waals surface area contributed by atoms with Crippen LogP contribution in [0, 0.1) is 5.82 Å². The summed E-state index contributed by atoms with van der Waals surface area (Å²) >= 11 is -2.26. The maximum absolute atomic E-state index is 13.2. The SMILES string of the molecule is Fc1cc[c]([Bi]([c]2ccccc2)[c]2ccccc2)cc1. The van der Waals surface area contributed by atoms with Crippen molar-refractivity contribution in [1.29, 1.82) is 0 Å². The van der Waals surface area contributed by atoms with Crippen molar-refractivity contribution in [3.8, 4) is 0 Å². The summed E-state index contributed by atoms with van der Waals surface area (Å²) in [5.74, 6) is -0.168. The molecule has 20 heavy (non-hydrogen) atoms. The van der Waals surface area contributed by atoms with Gasteiger partial charge in [0.2, 0.25) is 0 Å². The van der Waals surface area contributed by atoms with Gasteiger partial charge in [0.15, 0.2) is 0 Å². The minimum atomic E-state index is -2.26. The first-order valence-electron chi connectivity index (χ1n) is 6.50. The molecule has 3 aromatic rings. The van der Waals surface area contributed by atoms with Crippen LogP contribution in [-0.2, 0) is 0 Å². The third-order valence-corrected chi connectivity index (χ3v) is 12.6. The van der Waals surface area contributed by atoms with E-state index in [0.717, 1.165) is 0 Å². The number of benzene rings is 3. The second-order valence-corrected chi connectivity index (χ2v) is 13.1. The summed E-state index contributed by atoms with van der Waals surface area (Å²) < 4.78 is 17.3. The summed E-state index contributed by atoms with van der Waals surface area (Å²) in [7, 11) is 0. The molecule has 0 radical (unpaired) electrons. The summed E-state index contributed by atoms with van der Waals surface area (Å²) in [5, 5.41) is 0. The minimum absolute atomic E-state index is 0.168. The van der Waals surface area contributed by atoms with Gasteiger partial charge in [0.1, 0.15) is 0 Å². The van der Waals surface area contributed by atoms with Gasteiger partial charge in [0, 0.05) is 0 Å². The second-order valence-electron chi connectivity index (χ2n) is 4.48. The molecule has 0 saturated heterocycles. The Hall–Kier alpha value is -1.53. The van der Waals surface area contributed by atoms with Crippen LogP contribution in [0.3, 0.4) is 0 Å². The van der Waals surface area contributed by atoms with Gasteiger partial charge in [0.25, 0.3) is 0 Å². The van der Waals surface area contributed by atoms with Crippen molar-refractivity contribution in [1.82, 2.24) is 0 Å². The topological polar surface area (TPSA) is 0 Å². The van der Waals surface area contributed by atoms with Crippen LogP contribution in [0.2, 0.25) is 0 Å². The van der Waals surface area contributed by atoms with Crippen LogP contribution >= 0.6 is 0 Å². The molecule has 0 spiro atoms. The fourth-order valence-electron chi connectivity index (χ4n) is 2.19. The molecule has 0 amide bonds. The zero-order valence-corrected chi connectivity index (χ0v) is 14.4. The van der Waals surface area contributed by atoms with Crippen molar-refractivity contribution < 1.29 is 4.39 Å². The van der Waals surface area contributed by atoms with Crippen molar-refractivity contribution in [2.45, 2.75) is 0 Å². The molecule has 0 nitrogen and oxygen atoms in total. The molecule has 0 saturated carbocycles. The first-order chi connectivity index (χ1) is 9.84. The van der Waals surface area contributed by atoms with Gasteiger partial charge in [-0.15, -0.1) is 0 Å². The molecule has 0 unspecified atom stereocenters. The van der Waals surface area contributed by atoms with Crippen molar-refractivity contribution in [2.75, 3.05) is 0 Å². The van der Waals surface area contributed by atoms with Crippen molar-refractivity contribution >= 4 is 31.6 Å². The predicted octanol–water partition coefficient (Wildman–Crippen LogP) is 2.34. The molecule has 98 valence electrons. The van der Waals surface area contributed by atoms with Crippen molar-refractivity contribution in [3.63, 3.8) is 0 Å². The van der Waals surface area contributed by atoms with E-state index >= 15 is 0 Å². The van der Waals surface area contributed by atoms with Gasteiger partial charge in [-0.1, -0.05) is 0 Å². The fourth-order valence-corrected chi connectivity index (χ4v) is 11.1. The van der Waals surface area contributed by atoms with Crippen LogP contribution in [0.5, 0.6) is 0 Å². The van der Waals surface area contributed by atoms with Crippen molar-refractivity contribution in [2.24, 2.45) is 0 Å². The summed E-state index contributed by atoms with van der Waals surface area (Å²) in [6.45, 7) is 0. The molecule has 3 aromatic carbocycles. The van der Waals surface area contributed by atoms with Gasteiger partial charge in [-0.25, -0.2) is 0 Å². The summed E-state index contributed by atoms with van der Waals surface area (Å²) in [6, 6.07) is 28.3. The molecule has 0 N–H and O–H groups in total. The molecule has 0 aromatic heterocycles. The van der Waals surface area contributed by atoms with Crippen LogP contribution in [0.25, 0.3) is 0 Å². The standard InChI is InChI=1S/C6H4F.2C6H5.Bi/c7-6-4-2-1-3-5-6;2*1-2-4-6-5-3-1;/h2-5H;2*1-5H;. The third-order valence-electron chi connectivity index (χ3n) is 3.11.